The number of hydrogen-bond donors (Lipinski definition) is 4. The molecular weight excluding hydrogens is 431 g/mol. The van der Waals surface area contributed by atoms with Crippen molar-refractivity contribution in [2.75, 3.05) is 6.54 Å². The molecule has 2 heterocycles. The second kappa shape index (κ2) is 10.7. The van der Waals surface area contributed by atoms with E-state index in [-0.39, 0.29) is 31.0 Å². The van der Waals surface area contributed by atoms with Crippen molar-refractivity contribution in [2.45, 2.75) is 38.4 Å². The Kier molecular flexibility index (Phi) is 8.31. The molecule has 5 N–H and O–H groups in total. The Morgan fingerprint density at radius 3 is 2.61 bits per heavy atom. The molecule has 2 atom stereocenters. The number of nitrogens with zero attached hydrogens (tertiary/aromatic N) is 2. The van der Waals surface area contributed by atoms with E-state index in [0.717, 1.165) is 0 Å². The lowest BCUT2D eigenvalue weighted by Gasteiger charge is -2.26. The van der Waals surface area contributed by atoms with Crippen molar-refractivity contribution in [3.05, 3.63) is 30.1 Å². The van der Waals surface area contributed by atoms with E-state index in [9.17, 15) is 23.6 Å². The lowest BCUT2D eigenvalue weighted by molar-refractivity contribution is -0.144. The highest BCUT2D eigenvalue weighted by atomic mass is 35.5. The van der Waals surface area contributed by atoms with Crippen molar-refractivity contribution >= 4 is 46.3 Å². The summed E-state index contributed by atoms with van der Waals surface area (Å²) in [5.41, 5.74) is 6.27. The van der Waals surface area contributed by atoms with Crippen LogP contribution >= 0.6 is 11.6 Å². The van der Waals surface area contributed by atoms with Gasteiger partial charge >= 0.3 is 0 Å². The van der Waals surface area contributed by atoms with E-state index in [0.29, 0.717) is 16.0 Å². The van der Waals surface area contributed by atoms with E-state index in [1.165, 1.54) is 0 Å². The third kappa shape index (κ3) is 6.92. The fourth-order valence-electron chi connectivity index (χ4n) is 2.79. The quantitative estimate of drug-likeness (QED) is 0.329. The number of halogens is 2. The molecule has 0 aliphatic carbocycles. The maximum Gasteiger partial charge on any atom is 0.291 e. The zero-order valence-corrected chi connectivity index (χ0v) is 17.8. The van der Waals surface area contributed by atoms with Crippen LogP contribution in [0.15, 0.2) is 24.4 Å². The van der Waals surface area contributed by atoms with E-state index in [2.05, 4.69) is 20.7 Å². The number of amides is 4. The van der Waals surface area contributed by atoms with E-state index >= 15 is 0 Å². The van der Waals surface area contributed by atoms with Gasteiger partial charge in [-0.25, -0.2) is 9.40 Å². The number of aromatic nitrogens is 2. The smallest absolute Gasteiger partial charge is 0.291 e. The first-order valence-electron chi connectivity index (χ1n) is 9.51. The zero-order valence-electron chi connectivity index (χ0n) is 17.0. The predicted octanol–water partition coefficient (Wildman–Crippen LogP) is 0.977. The van der Waals surface area contributed by atoms with Crippen molar-refractivity contribution in [1.29, 1.82) is 0 Å². The molecule has 0 radical (unpaired) electrons. The van der Waals surface area contributed by atoms with Crippen molar-refractivity contribution < 1.29 is 23.6 Å². The standard InChI is InChI=1S/C19H24ClFN6O4/c1-10(2)8-13(18(30)26-27(7-5-15(22)28)19(31)16(20)21)25-17(29)14-9-12-11(24-14)4-3-6-23-12/h3-4,6,9-10,13,16,24H,5,7-8H2,1-2H3,(H2,22,28)(H,25,29)(H,26,30)/t13-,16?/m0/s1. The van der Waals surface area contributed by atoms with Crippen LogP contribution in [0.1, 0.15) is 37.2 Å². The Labute approximate surface area is 182 Å². The molecule has 0 saturated carbocycles. The van der Waals surface area contributed by atoms with Gasteiger partial charge in [-0.15, -0.1) is 0 Å². The Balaban J connectivity index is 2.16. The molecule has 0 saturated heterocycles. The van der Waals surface area contributed by atoms with Gasteiger partial charge in [0.2, 0.25) is 5.91 Å². The number of alkyl halides is 2. The molecule has 0 aliphatic heterocycles. The number of primary amides is 1. The molecular formula is C19H24ClFN6O4. The van der Waals surface area contributed by atoms with Gasteiger partial charge in [0.1, 0.15) is 11.7 Å². The second-order valence-electron chi connectivity index (χ2n) is 7.26. The number of aromatic amines is 1. The highest BCUT2D eigenvalue weighted by molar-refractivity contribution is 6.29. The van der Waals surface area contributed by atoms with Crippen molar-refractivity contribution in [3.8, 4) is 0 Å². The van der Waals surface area contributed by atoms with Gasteiger partial charge in [-0.2, -0.15) is 0 Å². The average molecular weight is 455 g/mol. The minimum absolute atomic E-state index is 0.00264. The summed E-state index contributed by atoms with van der Waals surface area (Å²) in [4.78, 5) is 55.5. The van der Waals surface area contributed by atoms with E-state index < -0.39 is 35.3 Å². The van der Waals surface area contributed by atoms with E-state index in [1.807, 2.05) is 13.8 Å². The van der Waals surface area contributed by atoms with Crippen LogP contribution in [0.5, 0.6) is 0 Å². The highest BCUT2D eigenvalue weighted by Gasteiger charge is 2.29. The molecule has 0 spiro atoms. The van der Waals surface area contributed by atoms with E-state index in [4.69, 9.17) is 17.3 Å². The normalized spacial score (nSPS) is 12.9. The van der Waals surface area contributed by atoms with Gasteiger partial charge < -0.3 is 16.0 Å². The second-order valence-corrected chi connectivity index (χ2v) is 7.64. The first-order chi connectivity index (χ1) is 14.6. The summed E-state index contributed by atoms with van der Waals surface area (Å²) < 4.78 is 13.3. The molecule has 0 aliphatic rings. The molecule has 2 aromatic rings. The molecule has 0 aromatic carbocycles. The summed E-state index contributed by atoms with van der Waals surface area (Å²) in [6, 6.07) is 3.95. The van der Waals surface area contributed by atoms with Crippen LogP contribution in [0.4, 0.5) is 4.39 Å². The van der Waals surface area contributed by atoms with Gasteiger partial charge in [0, 0.05) is 12.6 Å². The summed E-state index contributed by atoms with van der Waals surface area (Å²) >= 11 is 5.18. The van der Waals surface area contributed by atoms with Gasteiger partial charge in [0.15, 0.2) is 0 Å². The molecule has 4 amide bonds. The van der Waals surface area contributed by atoms with Crippen LogP contribution in [-0.4, -0.2) is 56.8 Å². The van der Waals surface area contributed by atoms with Crippen LogP contribution in [-0.2, 0) is 14.4 Å². The molecule has 168 valence electrons. The molecule has 0 bridgehead atoms. The minimum Gasteiger partial charge on any atom is -0.370 e. The van der Waals surface area contributed by atoms with Crippen LogP contribution in [0.3, 0.4) is 0 Å². The van der Waals surface area contributed by atoms with Gasteiger partial charge in [-0.05, 0) is 30.5 Å². The SMILES string of the molecule is CC(C)C[C@H](NC(=O)c1cc2ncccc2[nH]1)C(=O)NN(CCC(N)=O)C(=O)C(F)Cl. The number of hydrazine groups is 1. The lowest BCUT2D eigenvalue weighted by atomic mass is 10.0. The Morgan fingerprint density at radius 2 is 2.03 bits per heavy atom. The molecule has 1 unspecified atom stereocenters. The number of fused-ring (bicyclic) bond motifs is 1. The number of nitrogens with two attached hydrogens (primary N) is 1. The lowest BCUT2D eigenvalue weighted by Crippen LogP contribution is -2.56. The number of hydrogen-bond acceptors (Lipinski definition) is 5. The third-order valence-electron chi connectivity index (χ3n) is 4.24. The highest BCUT2D eigenvalue weighted by Crippen LogP contribution is 2.13. The number of nitrogens with one attached hydrogen (secondary N) is 3. The fraction of sp³-hybridized carbons (Fsp3) is 0.421. The van der Waals surface area contributed by atoms with Crippen LogP contribution in [0, 0.1) is 5.92 Å². The van der Waals surface area contributed by atoms with Gasteiger partial charge in [-0.1, -0.05) is 25.4 Å². The Bertz CT molecular complexity index is 931. The summed E-state index contributed by atoms with van der Waals surface area (Å²) in [7, 11) is 0. The molecule has 0 fully saturated rings. The first kappa shape index (κ1) is 24.1. The third-order valence-corrected chi connectivity index (χ3v) is 4.43. The summed E-state index contributed by atoms with van der Waals surface area (Å²) in [5.74, 6) is -3.35. The number of H-pyrrole nitrogens is 1. The number of carbonyl (C=O) groups excluding carboxylic acids is 4. The maximum absolute atomic E-state index is 13.3. The molecule has 12 heteroatoms. The topological polar surface area (TPSA) is 150 Å². The monoisotopic (exact) mass is 454 g/mol. The van der Waals surface area contributed by atoms with Gasteiger partial charge in [0.25, 0.3) is 23.4 Å². The number of rotatable bonds is 9. The van der Waals surface area contributed by atoms with Crippen molar-refractivity contribution in [3.63, 3.8) is 0 Å². The number of carbonyl (C=O) groups is 4. The zero-order chi connectivity index (χ0) is 23.1. The number of pyridine rings is 1. The summed E-state index contributed by atoms with van der Waals surface area (Å²) in [6.45, 7) is 3.31. The predicted molar refractivity (Wildman–Crippen MR) is 111 cm³/mol. The van der Waals surface area contributed by atoms with Crippen molar-refractivity contribution in [1.82, 2.24) is 25.7 Å². The first-order valence-corrected chi connectivity index (χ1v) is 9.95. The minimum atomic E-state index is -2.43. The Hall–Kier alpha value is -3.21. The van der Waals surface area contributed by atoms with Crippen LogP contribution in [0.25, 0.3) is 11.0 Å². The summed E-state index contributed by atoms with van der Waals surface area (Å²) in [5, 5.41) is 3.18. The molecule has 31 heavy (non-hydrogen) atoms. The van der Waals surface area contributed by atoms with Crippen LogP contribution < -0.4 is 16.5 Å². The molecule has 2 rings (SSSR count). The average Bonchev–Trinajstić information content (AvgIpc) is 3.13. The maximum atomic E-state index is 13.3. The molecule has 2 aromatic heterocycles. The van der Waals surface area contributed by atoms with Gasteiger partial charge in [0.05, 0.1) is 17.6 Å². The largest absolute Gasteiger partial charge is 0.370 e. The van der Waals surface area contributed by atoms with Crippen LogP contribution in [0.2, 0.25) is 0 Å². The summed E-state index contributed by atoms with van der Waals surface area (Å²) in [6.07, 6.45) is 1.49. The molecule has 10 nitrogen and oxygen atoms in total. The fourth-order valence-corrected chi connectivity index (χ4v) is 2.91. The Morgan fingerprint density at radius 1 is 1.32 bits per heavy atom. The van der Waals surface area contributed by atoms with Gasteiger partial charge in [-0.3, -0.25) is 29.6 Å². The van der Waals surface area contributed by atoms with E-state index in [1.54, 1.807) is 24.4 Å². The van der Waals surface area contributed by atoms with Crippen molar-refractivity contribution in [2.24, 2.45) is 11.7 Å².